The minimum Gasteiger partial charge on any atom is -0.518 e. The Morgan fingerprint density at radius 3 is 1.21 bits per heavy atom. The molecular formula is C21H50O7Si5. The van der Waals surface area contributed by atoms with Crippen LogP contribution in [0.5, 0.6) is 0 Å². The second-order valence-corrected chi connectivity index (χ2v) is 35.7. The Morgan fingerprint density at radius 2 is 0.879 bits per heavy atom. The van der Waals surface area contributed by atoms with Crippen LogP contribution in [0.25, 0.3) is 0 Å². The van der Waals surface area contributed by atoms with Gasteiger partial charge in [-0.15, -0.1) is 0 Å². The molecule has 0 heterocycles. The summed E-state index contributed by atoms with van der Waals surface area (Å²) in [6.07, 6.45) is -2.21. The van der Waals surface area contributed by atoms with Gasteiger partial charge in [0.2, 0.25) is 16.6 Å². The van der Waals surface area contributed by atoms with Crippen LogP contribution in [-0.2, 0) is 31.7 Å². The lowest BCUT2D eigenvalue weighted by Crippen LogP contribution is -2.53. The van der Waals surface area contributed by atoms with E-state index < -0.39 is 65.9 Å². The number of carbonyl (C=O) groups excluding carboxylic acids is 2. The van der Waals surface area contributed by atoms with Crippen LogP contribution >= 0.6 is 0 Å². The van der Waals surface area contributed by atoms with E-state index in [1.807, 2.05) is 78.6 Å². The zero-order chi connectivity index (χ0) is 26.6. The minimum atomic E-state index is -2.16. The van der Waals surface area contributed by atoms with Crippen molar-refractivity contribution in [2.24, 2.45) is 0 Å². The second kappa shape index (κ2) is 11.8. The van der Waals surface area contributed by atoms with Crippen LogP contribution in [0.1, 0.15) is 6.42 Å². The molecule has 0 fully saturated rings. The van der Waals surface area contributed by atoms with Crippen molar-refractivity contribution in [1.29, 1.82) is 0 Å². The van der Waals surface area contributed by atoms with Gasteiger partial charge in [-0.05, 0) is 98.2 Å². The maximum Gasteiger partial charge on any atom is 0.323 e. The molecule has 7 nitrogen and oxygen atoms in total. The molecule has 196 valence electrons. The maximum absolute atomic E-state index is 13.3. The fourth-order valence-electron chi connectivity index (χ4n) is 2.90. The predicted molar refractivity (Wildman–Crippen MR) is 148 cm³/mol. The van der Waals surface area contributed by atoms with E-state index in [0.717, 1.165) is 0 Å². The summed E-state index contributed by atoms with van der Waals surface area (Å²) < 4.78 is 30.8. The lowest BCUT2D eigenvalue weighted by Gasteiger charge is -2.38. The number of hydrogen-bond acceptors (Lipinski definition) is 7. The number of hydrogen-bond donors (Lipinski definition) is 0. The van der Waals surface area contributed by atoms with Crippen LogP contribution in [0.3, 0.4) is 0 Å². The predicted octanol–water partition coefficient (Wildman–Crippen LogP) is 5.79. The smallest absolute Gasteiger partial charge is 0.323 e. The summed E-state index contributed by atoms with van der Waals surface area (Å²) in [7, 11) is -10.7. The molecule has 12 heteroatoms. The Hall–Kier alpha value is -0.0956. The zero-order valence-corrected chi connectivity index (χ0v) is 28.8. The highest BCUT2D eigenvalue weighted by molar-refractivity contribution is 6.72. The van der Waals surface area contributed by atoms with E-state index in [1.165, 1.54) is 0 Å². The normalized spacial score (nSPS) is 16.7. The first-order valence-corrected chi connectivity index (χ1v) is 28.8. The van der Waals surface area contributed by atoms with Crippen molar-refractivity contribution in [3.8, 4) is 0 Å². The third-order valence-electron chi connectivity index (χ3n) is 3.57. The number of carbonyl (C=O) groups is 2. The van der Waals surface area contributed by atoms with Gasteiger partial charge in [0.05, 0.1) is 6.10 Å². The van der Waals surface area contributed by atoms with Crippen LogP contribution < -0.4 is 0 Å². The van der Waals surface area contributed by atoms with Gasteiger partial charge >= 0.3 is 11.9 Å². The van der Waals surface area contributed by atoms with Gasteiger partial charge in [0.1, 0.15) is 6.10 Å². The Kier molecular flexibility index (Phi) is 11.7. The SMILES string of the molecule is C[Si](C)(C)OC(=O)[C@@H](O[Si](C)(C)C)[C@@H](C[C@@H](O[Si](C)(C)C)C(=O)O[Si](C)(C)C)O[Si](C)(C)C. The molecule has 0 aromatic heterocycles. The average Bonchev–Trinajstić information content (AvgIpc) is 2.44. The van der Waals surface area contributed by atoms with Crippen LogP contribution in [0.4, 0.5) is 0 Å². The monoisotopic (exact) mass is 554 g/mol. The third-order valence-corrected chi connectivity index (χ3v) is 8.16. The molecule has 0 N–H and O–H groups in total. The Labute approximate surface area is 207 Å². The summed E-state index contributed by atoms with van der Waals surface area (Å²) >= 11 is 0. The van der Waals surface area contributed by atoms with Gasteiger partial charge in [-0.3, -0.25) is 9.59 Å². The van der Waals surface area contributed by atoms with Crippen molar-refractivity contribution in [1.82, 2.24) is 0 Å². The van der Waals surface area contributed by atoms with Gasteiger partial charge in [0, 0.05) is 6.42 Å². The van der Waals surface area contributed by atoms with Crippen molar-refractivity contribution in [2.45, 2.75) is 123 Å². The summed E-state index contributed by atoms with van der Waals surface area (Å²) in [5.74, 6) is -0.795. The number of rotatable bonds is 13. The highest BCUT2D eigenvalue weighted by Crippen LogP contribution is 2.26. The molecular weight excluding hydrogens is 505 g/mol. The molecule has 0 amide bonds. The van der Waals surface area contributed by atoms with E-state index in [4.69, 9.17) is 22.1 Å². The van der Waals surface area contributed by atoms with E-state index in [9.17, 15) is 9.59 Å². The van der Waals surface area contributed by atoms with Gasteiger partial charge in [0.15, 0.2) is 31.1 Å². The first-order valence-electron chi connectivity index (χ1n) is 11.8. The molecule has 0 spiro atoms. The first kappa shape index (κ1) is 32.9. The van der Waals surface area contributed by atoms with Crippen molar-refractivity contribution >= 4 is 53.5 Å². The van der Waals surface area contributed by atoms with Crippen molar-refractivity contribution in [3.05, 3.63) is 0 Å². The van der Waals surface area contributed by atoms with Gasteiger partial charge in [-0.1, -0.05) is 0 Å². The van der Waals surface area contributed by atoms with Crippen molar-refractivity contribution in [2.75, 3.05) is 0 Å². The van der Waals surface area contributed by atoms with E-state index in [2.05, 4.69) is 19.6 Å². The highest BCUT2D eigenvalue weighted by atomic mass is 28.4. The summed E-state index contributed by atoms with van der Waals surface area (Å²) in [4.78, 5) is 26.5. The van der Waals surface area contributed by atoms with Crippen LogP contribution in [-0.4, -0.2) is 71.8 Å². The van der Waals surface area contributed by atoms with Crippen molar-refractivity contribution in [3.63, 3.8) is 0 Å². The molecule has 0 rings (SSSR count). The first-order chi connectivity index (χ1) is 14.3. The molecule has 3 atom stereocenters. The standard InChI is InChI=1S/C21H50O7Si5/c1-29(2,3)24-17(19(26-31(7,8)9)21(23)28-33(13,14)15)16-18(25-30(4,5)6)20(22)27-32(10,11)12/h17-19H,16H2,1-15H3/t17-,18-,19+/m1/s1. The van der Waals surface area contributed by atoms with Gasteiger partial charge in [0.25, 0.3) is 0 Å². The van der Waals surface area contributed by atoms with E-state index in [-0.39, 0.29) is 12.4 Å². The molecule has 0 aromatic rings. The molecule has 0 aliphatic heterocycles. The molecule has 0 unspecified atom stereocenters. The molecule has 0 radical (unpaired) electrons. The fourth-order valence-corrected chi connectivity index (χ4v) is 7.54. The van der Waals surface area contributed by atoms with E-state index >= 15 is 0 Å². The molecule has 0 bridgehead atoms. The quantitative estimate of drug-likeness (QED) is 0.266. The van der Waals surface area contributed by atoms with Crippen molar-refractivity contribution < 1.29 is 31.7 Å². The minimum absolute atomic E-state index is 0.188. The Balaban J connectivity index is 6.31. The van der Waals surface area contributed by atoms with Gasteiger partial charge in [-0.25, -0.2) is 0 Å². The molecule has 0 saturated carbocycles. The van der Waals surface area contributed by atoms with E-state index in [0.29, 0.717) is 0 Å². The Bertz CT molecular complexity index is 652. The van der Waals surface area contributed by atoms with Crippen LogP contribution in [0.2, 0.25) is 98.2 Å². The van der Waals surface area contributed by atoms with Crippen LogP contribution in [0.15, 0.2) is 0 Å². The third kappa shape index (κ3) is 17.1. The largest absolute Gasteiger partial charge is 0.518 e. The van der Waals surface area contributed by atoms with Gasteiger partial charge in [-0.2, -0.15) is 0 Å². The fraction of sp³-hybridized carbons (Fsp3) is 0.905. The topological polar surface area (TPSA) is 80.3 Å². The van der Waals surface area contributed by atoms with Crippen LogP contribution in [0, 0.1) is 0 Å². The summed E-state index contributed by atoms with van der Waals surface area (Å²) in [6.45, 7) is 30.2. The lowest BCUT2D eigenvalue weighted by molar-refractivity contribution is -0.153. The Morgan fingerprint density at radius 1 is 0.515 bits per heavy atom. The van der Waals surface area contributed by atoms with E-state index in [1.54, 1.807) is 0 Å². The molecule has 0 aliphatic carbocycles. The summed E-state index contributed by atoms with van der Waals surface area (Å²) in [6, 6.07) is 0. The average molecular weight is 555 g/mol. The molecule has 0 aromatic carbocycles. The highest BCUT2D eigenvalue weighted by Gasteiger charge is 2.43. The molecule has 33 heavy (non-hydrogen) atoms. The van der Waals surface area contributed by atoms with Gasteiger partial charge < -0.3 is 22.1 Å². The zero-order valence-electron chi connectivity index (χ0n) is 23.8. The second-order valence-electron chi connectivity index (χ2n) is 13.4. The molecule has 0 saturated heterocycles. The lowest BCUT2D eigenvalue weighted by atomic mass is 10.1. The maximum atomic E-state index is 13.3. The molecule has 0 aliphatic rings. The summed E-state index contributed by atoms with van der Waals surface area (Å²) in [5.41, 5.74) is 0. The summed E-state index contributed by atoms with van der Waals surface area (Å²) in [5, 5.41) is 0.